The van der Waals surface area contributed by atoms with Crippen LogP contribution in [-0.4, -0.2) is 61.1 Å². The van der Waals surface area contributed by atoms with E-state index < -0.39 is 0 Å². The van der Waals surface area contributed by atoms with Gasteiger partial charge in [0.25, 0.3) is 5.56 Å². The number of rotatable bonds is 5. The number of aromatic amines is 1. The number of aromatic nitrogens is 4. The minimum atomic E-state index is 0.0201. The number of nitrogens with zero attached hydrogens (tertiary/aromatic N) is 5. The van der Waals surface area contributed by atoms with Gasteiger partial charge in [-0.3, -0.25) is 19.2 Å². The second-order valence-electron chi connectivity index (χ2n) is 9.23. The Kier molecular flexibility index (Phi) is 5.89. The second-order valence-corrected chi connectivity index (χ2v) is 9.23. The summed E-state index contributed by atoms with van der Waals surface area (Å²) in [6.07, 6.45) is 12.2. The van der Waals surface area contributed by atoms with Gasteiger partial charge in [-0.15, -0.1) is 0 Å². The number of nitrogens with one attached hydrogen (secondary N) is 1. The van der Waals surface area contributed by atoms with Crippen LogP contribution in [0.25, 0.3) is 0 Å². The average molecular weight is 425 g/mol. The zero-order valence-electron chi connectivity index (χ0n) is 18.1. The molecule has 1 saturated carbocycles. The molecule has 1 atom stereocenters. The summed E-state index contributed by atoms with van der Waals surface area (Å²) in [6.45, 7) is 3.70. The molecule has 8 heteroatoms. The molecule has 0 radical (unpaired) electrons. The monoisotopic (exact) mass is 424 g/mol. The molecule has 1 amide bonds. The first kappa shape index (κ1) is 20.4. The number of amides is 1. The molecule has 4 heterocycles. The summed E-state index contributed by atoms with van der Waals surface area (Å²) in [5.74, 6) is 1.01. The van der Waals surface area contributed by atoms with Crippen molar-refractivity contribution in [3.63, 3.8) is 0 Å². The Morgan fingerprint density at radius 1 is 1.16 bits per heavy atom. The molecule has 1 N–H and O–H groups in total. The fourth-order valence-corrected chi connectivity index (χ4v) is 5.44. The molecule has 2 aromatic heterocycles. The number of likely N-dealkylation sites (tertiary alicyclic amines) is 1. The smallest absolute Gasteiger partial charge is 0.254 e. The molecule has 31 heavy (non-hydrogen) atoms. The summed E-state index contributed by atoms with van der Waals surface area (Å²) >= 11 is 0. The molecule has 3 aliphatic rings. The maximum Gasteiger partial charge on any atom is 0.254 e. The minimum Gasteiger partial charge on any atom is -0.342 e. The van der Waals surface area contributed by atoms with Crippen LogP contribution >= 0.6 is 0 Å². The van der Waals surface area contributed by atoms with Gasteiger partial charge in [0.05, 0.1) is 5.69 Å². The third-order valence-corrected chi connectivity index (χ3v) is 7.25. The molecule has 1 saturated heterocycles. The van der Waals surface area contributed by atoms with Crippen LogP contribution in [0, 0.1) is 0 Å². The van der Waals surface area contributed by atoms with Gasteiger partial charge in [-0.05, 0) is 31.7 Å². The fourth-order valence-electron chi connectivity index (χ4n) is 5.44. The lowest BCUT2D eigenvalue weighted by Gasteiger charge is -2.37. The van der Waals surface area contributed by atoms with Gasteiger partial charge in [0.2, 0.25) is 5.91 Å². The molecule has 0 unspecified atom stereocenters. The lowest BCUT2D eigenvalue weighted by atomic mass is 9.92. The van der Waals surface area contributed by atoms with Crippen LogP contribution in [0.2, 0.25) is 0 Å². The van der Waals surface area contributed by atoms with Crippen molar-refractivity contribution in [3.05, 3.63) is 45.9 Å². The predicted molar refractivity (Wildman–Crippen MR) is 117 cm³/mol. The highest BCUT2D eigenvalue weighted by Gasteiger charge is 2.31. The van der Waals surface area contributed by atoms with Gasteiger partial charge in [-0.2, -0.15) is 5.10 Å². The molecule has 0 bridgehead atoms. The Labute approximate surface area is 182 Å². The van der Waals surface area contributed by atoms with Crippen molar-refractivity contribution >= 4 is 5.91 Å². The van der Waals surface area contributed by atoms with E-state index in [-0.39, 0.29) is 17.4 Å². The average Bonchev–Trinajstić information content (AvgIpc) is 3.50. The van der Waals surface area contributed by atoms with Crippen LogP contribution in [0.5, 0.6) is 0 Å². The minimum absolute atomic E-state index is 0.0201. The van der Waals surface area contributed by atoms with Crippen molar-refractivity contribution in [3.8, 4) is 0 Å². The highest BCUT2D eigenvalue weighted by Crippen LogP contribution is 2.28. The van der Waals surface area contributed by atoms with Crippen molar-refractivity contribution in [1.29, 1.82) is 0 Å². The third-order valence-electron chi connectivity index (χ3n) is 7.25. The van der Waals surface area contributed by atoms with Gasteiger partial charge < -0.3 is 9.88 Å². The summed E-state index contributed by atoms with van der Waals surface area (Å²) in [5.41, 5.74) is 1.84. The van der Waals surface area contributed by atoms with Gasteiger partial charge >= 0.3 is 0 Å². The van der Waals surface area contributed by atoms with E-state index in [0.717, 1.165) is 49.6 Å². The first-order valence-corrected chi connectivity index (χ1v) is 11.8. The number of carbonyl (C=O) groups is 1. The molecule has 5 rings (SSSR count). The van der Waals surface area contributed by atoms with E-state index in [1.807, 2.05) is 17.2 Å². The van der Waals surface area contributed by atoms with Crippen molar-refractivity contribution in [2.24, 2.45) is 0 Å². The highest BCUT2D eigenvalue weighted by molar-refractivity contribution is 5.76. The summed E-state index contributed by atoms with van der Waals surface area (Å²) in [6, 6.07) is 2.50. The molecule has 0 aromatic carbocycles. The second kappa shape index (κ2) is 8.94. The van der Waals surface area contributed by atoms with E-state index in [2.05, 4.69) is 15.0 Å². The highest BCUT2D eigenvalue weighted by atomic mass is 16.2. The number of aryl methyl sites for hydroxylation is 1. The van der Waals surface area contributed by atoms with Gasteiger partial charge in [-0.1, -0.05) is 19.3 Å². The number of carbonyl (C=O) groups excluding carboxylic acids is 1. The molecule has 1 aliphatic carbocycles. The Morgan fingerprint density at radius 3 is 2.84 bits per heavy atom. The Balaban J connectivity index is 1.24. The van der Waals surface area contributed by atoms with Crippen LogP contribution in [0.3, 0.4) is 0 Å². The number of hydrogen-bond acceptors (Lipinski definition) is 5. The summed E-state index contributed by atoms with van der Waals surface area (Å²) in [4.78, 5) is 37.8. The molecule has 2 aliphatic heterocycles. The van der Waals surface area contributed by atoms with Gasteiger partial charge in [0.15, 0.2) is 0 Å². The SMILES string of the molecule is O=C(CCn1cccn1)N1CC[C@@H](c2nc3c(c(=O)[nH]2)CCN(C2CCCCC2)C3)C1. The quantitative estimate of drug-likeness (QED) is 0.794. The lowest BCUT2D eigenvalue weighted by Crippen LogP contribution is -2.42. The van der Waals surface area contributed by atoms with Crippen LogP contribution in [-0.2, 0) is 24.3 Å². The first-order chi connectivity index (χ1) is 15.2. The van der Waals surface area contributed by atoms with Crippen molar-refractivity contribution in [2.45, 2.75) is 76.4 Å². The number of hydrogen-bond donors (Lipinski definition) is 1. The van der Waals surface area contributed by atoms with Crippen LogP contribution in [0.15, 0.2) is 23.3 Å². The topological polar surface area (TPSA) is 87.1 Å². The number of fused-ring (bicyclic) bond motifs is 1. The van der Waals surface area contributed by atoms with E-state index in [1.54, 1.807) is 10.9 Å². The van der Waals surface area contributed by atoms with E-state index in [1.165, 1.54) is 32.1 Å². The van der Waals surface area contributed by atoms with E-state index in [0.29, 0.717) is 25.6 Å². The van der Waals surface area contributed by atoms with Crippen molar-refractivity contribution in [2.75, 3.05) is 19.6 Å². The standard InChI is InChI=1S/C23H32N6O2/c30-21(9-14-29-11-4-10-24-29)28-12-7-17(15-28)22-25-20-16-27(18-5-2-1-3-6-18)13-8-19(20)23(31)26-22/h4,10-11,17-18H,1-3,5-9,12-16H2,(H,25,26,31)/t17-/m1/s1. The summed E-state index contributed by atoms with van der Waals surface area (Å²) in [5, 5.41) is 4.16. The molecular weight excluding hydrogens is 392 g/mol. The normalized spacial score (nSPS) is 22.6. The van der Waals surface area contributed by atoms with Crippen LogP contribution in [0.1, 0.15) is 67.9 Å². The van der Waals surface area contributed by atoms with E-state index >= 15 is 0 Å². The van der Waals surface area contributed by atoms with Crippen molar-refractivity contribution < 1.29 is 4.79 Å². The van der Waals surface area contributed by atoms with E-state index in [9.17, 15) is 9.59 Å². The Hall–Kier alpha value is -2.48. The van der Waals surface area contributed by atoms with Gasteiger partial charge in [0, 0.05) is 69.1 Å². The maximum atomic E-state index is 12.8. The third kappa shape index (κ3) is 4.44. The predicted octanol–water partition coefficient (Wildman–Crippen LogP) is 2.06. The van der Waals surface area contributed by atoms with Crippen LogP contribution in [0.4, 0.5) is 0 Å². The molecule has 2 fully saturated rings. The fraction of sp³-hybridized carbons (Fsp3) is 0.652. The zero-order chi connectivity index (χ0) is 21.2. The summed E-state index contributed by atoms with van der Waals surface area (Å²) in [7, 11) is 0. The van der Waals surface area contributed by atoms with Gasteiger partial charge in [-0.25, -0.2) is 4.98 Å². The molecular formula is C23H32N6O2. The first-order valence-electron chi connectivity index (χ1n) is 11.8. The van der Waals surface area contributed by atoms with Crippen LogP contribution < -0.4 is 5.56 Å². The molecule has 2 aromatic rings. The maximum absolute atomic E-state index is 12.8. The van der Waals surface area contributed by atoms with Crippen molar-refractivity contribution in [1.82, 2.24) is 29.5 Å². The Morgan fingerprint density at radius 2 is 2.03 bits per heavy atom. The van der Waals surface area contributed by atoms with E-state index in [4.69, 9.17) is 4.98 Å². The Bertz CT molecular complexity index is 963. The molecule has 166 valence electrons. The summed E-state index contributed by atoms with van der Waals surface area (Å²) < 4.78 is 1.78. The lowest BCUT2D eigenvalue weighted by molar-refractivity contribution is -0.130. The molecule has 8 nitrogen and oxygen atoms in total. The zero-order valence-corrected chi connectivity index (χ0v) is 18.1. The van der Waals surface area contributed by atoms with Gasteiger partial charge in [0.1, 0.15) is 5.82 Å². The largest absolute Gasteiger partial charge is 0.342 e. The molecule has 0 spiro atoms. The number of H-pyrrole nitrogens is 1.